The standard InChI is InChI=1S/C32H37N7O4/c1-32(2,3)43-31(41)39-16-23-27(30(39)40)24(15-34-28(23)21-9-12-33-29-22(21)10-13-38(29)6)35-26-8-7-20(19-11-14-42-18-19)25(36-26)17-37(4)5/h7-10,12-13,15,19H,11,14,16-18H2,1-6H3,(H,35,36). The zero-order valence-electron chi connectivity index (χ0n) is 25.5. The van der Waals surface area contributed by atoms with Crippen molar-refractivity contribution in [2.24, 2.45) is 7.05 Å². The fourth-order valence-electron chi connectivity index (χ4n) is 5.78. The van der Waals surface area contributed by atoms with Crippen molar-refractivity contribution >= 4 is 34.5 Å². The summed E-state index contributed by atoms with van der Waals surface area (Å²) in [6.07, 6.45) is 5.58. The van der Waals surface area contributed by atoms with Gasteiger partial charge in [0.05, 0.1) is 42.0 Å². The first kappa shape index (κ1) is 28.8. The minimum absolute atomic E-state index is 0.0392. The molecular weight excluding hydrogens is 546 g/mol. The first-order valence-corrected chi connectivity index (χ1v) is 14.5. The molecule has 0 spiro atoms. The van der Waals surface area contributed by atoms with Crippen molar-refractivity contribution in [3.05, 3.63) is 65.2 Å². The Bertz CT molecular complexity index is 1720. The molecule has 1 unspecified atom stereocenters. The van der Waals surface area contributed by atoms with Crippen LogP contribution in [0.1, 0.15) is 60.3 Å². The molecule has 6 rings (SSSR count). The lowest BCUT2D eigenvalue weighted by atomic mass is 9.96. The van der Waals surface area contributed by atoms with Crippen molar-refractivity contribution in [2.75, 3.05) is 32.6 Å². The largest absolute Gasteiger partial charge is 0.443 e. The number of hydrogen-bond donors (Lipinski definition) is 1. The summed E-state index contributed by atoms with van der Waals surface area (Å²) < 4.78 is 13.2. The Hall–Kier alpha value is -4.35. The molecule has 1 atom stereocenters. The van der Waals surface area contributed by atoms with Gasteiger partial charge in [-0.05, 0) is 65.0 Å². The summed E-state index contributed by atoms with van der Waals surface area (Å²) in [7, 11) is 5.96. The van der Waals surface area contributed by atoms with Crippen molar-refractivity contribution in [3.8, 4) is 11.3 Å². The first-order valence-electron chi connectivity index (χ1n) is 14.5. The van der Waals surface area contributed by atoms with Crippen molar-refractivity contribution in [2.45, 2.75) is 51.8 Å². The van der Waals surface area contributed by atoms with Gasteiger partial charge in [-0.15, -0.1) is 0 Å². The van der Waals surface area contributed by atoms with Crippen LogP contribution >= 0.6 is 0 Å². The highest BCUT2D eigenvalue weighted by molar-refractivity contribution is 6.12. The lowest BCUT2D eigenvalue weighted by Crippen LogP contribution is -2.37. The van der Waals surface area contributed by atoms with E-state index in [1.165, 1.54) is 5.56 Å². The molecule has 0 bridgehead atoms. The number of anilines is 2. The molecule has 6 heterocycles. The van der Waals surface area contributed by atoms with E-state index < -0.39 is 17.6 Å². The third kappa shape index (κ3) is 5.57. The van der Waals surface area contributed by atoms with Crippen LogP contribution in [-0.4, -0.2) is 74.2 Å². The number of nitrogens with one attached hydrogen (secondary N) is 1. The smallest absolute Gasteiger partial charge is 0.417 e. The molecule has 1 fully saturated rings. The molecule has 1 N–H and O–H groups in total. The minimum Gasteiger partial charge on any atom is -0.443 e. The van der Waals surface area contributed by atoms with Gasteiger partial charge in [-0.1, -0.05) is 6.07 Å². The number of hydrogen-bond acceptors (Lipinski definition) is 9. The Morgan fingerprint density at radius 2 is 2.00 bits per heavy atom. The molecule has 1 saturated heterocycles. The van der Waals surface area contributed by atoms with Crippen LogP contribution in [0.3, 0.4) is 0 Å². The van der Waals surface area contributed by atoms with Gasteiger partial charge in [0, 0.05) is 55.0 Å². The Kier molecular flexibility index (Phi) is 7.39. The number of ether oxygens (including phenoxy) is 2. The number of pyridine rings is 3. The zero-order chi connectivity index (χ0) is 30.5. The summed E-state index contributed by atoms with van der Waals surface area (Å²) in [6, 6.07) is 7.88. The van der Waals surface area contributed by atoms with Gasteiger partial charge in [-0.25, -0.2) is 19.7 Å². The second kappa shape index (κ2) is 11.1. The van der Waals surface area contributed by atoms with Crippen LogP contribution in [0, 0.1) is 0 Å². The molecule has 0 saturated carbocycles. The molecule has 0 radical (unpaired) electrons. The van der Waals surface area contributed by atoms with Crippen LogP contribution in [0.4, 0.5) is 16.3 Å². The van der Waals surface area contributed by atoms with Crippen molar-refractivity contribution in [1.29, 1.82) is 0 Å². The van der Waals surface area contributed by atoms with Gasteiger partial charge in [-0.3, -0.25) is 9.78 Å². The molecule has 2 aliphatic rings. The average Bonchev–Trinajstić information content (AvgIpc) is 3.68. The van der Waals surface area contributed by atoms with E-state index in [0.29, 0.717) is 47.4 Å². The number of aromatic nitrogens is 4. The second-order valence-electron chi connectivity index (χ2n) is 12.4. The Morgan fingerprint density at radius 3 is 2.72 bits per heavy atom. The average molecular weight is 584 g/mol. The van der Waals surface area contributed by atoms with Crippen LogP contribution in [0.25, 0.3) is 22.3 Å². The van der Waals surface area contributed by atoms with Crippen LogP contribution in [0.2, 0.25) is 0 Å². The summed E-state index contributed by atoms with van der Waals surface area (Å²) in [6.45, 7) is 7.47. The van der Waals surface area contributed by atoms with Crippen LogP contribution in [0.5, 0.6) is 0 Å². The molecule has 0 aromatic carbocycles. The van der Waals surface area contributed by atoms with E-state index in [4.69, 9.17) is 19.4 Å². The van der Waals surface area contributed by atoms with Gasteiger partial charge in [0.25, 0.3) is 5.91 Å². The molecule has 4 aromatic heterocycles. The predicted octanol–water partition coefficient (Wildman–Crippen LogP) is 5.23. The Balaban J connectivity index is 1.43. The molecule has 224 valence electrons. The monoisotopic (exact) mass is 583 g/mol. The maximum absolute atomic E-state index is 13.9. The summed E-state index contributed by atoms with van der Waals surface area (Å²) in [4.78, 5) is 44.7. The van der Waals surface area contributed by atoms with Gasteiger partial charge in [-0.2, -0.15) is 0 Å². The number of carbonyl (C=O) groups is 2. The zero-order valence-corrected chi connectivity index (χ0v) is 25.5. The van der Waals surface area contributed by atoms with Gasteiger partial charge in [0.1, 0.15) is 17.1 Å². The third-order valence-electron chi connectivity index (χ3n) is 7.70. The molecule has 2 amide bonds. The maximum Gasteiger partial charge on any atom is 0.417 e. The number of carbonyl (C=O) groups excluding carboxylic acids is 2. The van der Waals surface area contributed by atoms with Crippen molar-refractivity contribution < 1.29 is 19.1 Å². The fourth-order valence-corrected chi connectivity index (χ4v) is 5.78. The Morgan fingerprint density at radius 1 is 1.19 bits per heavy atom. The van der Waals surface area contributed by atoms with Crippen LogP contribution in [-0.2, 0) is 29.6 Å². The SMILES string of the molecule is CN(C)Cc1nc(Nc2cnc(-c3ccnc4c3ccn4C)c3c2C(=O)N(C(=O)OC(C)(C)C)C3)ccc1C1CCOC1. The lowest BCUT2D eigenvalue weighted by Gasteiger charge is -2.23. The normalized spacial score (nSPS) is 16.8. The number of fused-ring (bicyclic) bond motifs is 2. The van der Waals surface area contributed by atoms with E-state index in [1.807, 2.05) is 50.1 Å². The molecule has 11 heteroatoms. The highest BCUT2D eigenvalue weighted by Crippen LogP contribution is 2.39. The number of imide groups is 1. The topological polar surface area (TPSA) is 115 Å². The Labute approximate surface area is 250 Å². The fraction of sp³-hybridized carbons (Fsp3) is 0.406. The quantitative estimate of drug-likeness (QED) is 0.326. The number of rotatable bonds is 6. The number of amides is 2. The van der Waals surface area contributed by atoms with Crippen molar-refractivity contribution in [1.82, 2.24) is 29.3 Å². The van der Waals surface area contributed by atoms with Crippen molar-refractivity contribution in [3.63, 3.8) is 0 Å². The summed E-state index contributed by atoms with van der Waals surface area (Å²) in [5.74, 6) is 0.456. The lowest BCUT2D eigenvalue weighted by molar-refractivity contribution is 0.0248. The summed E-state index contributed by atoms with van der Waals surface area (Å²) >= 11 is 0. The van der Waals surface area contributed by atoms with E-state index in [-0.39, 0.29) is 6.54 Å². The van der Waals surface area contributed by atoms with E-state index in [2.05, 4.69) is 21.3 Å². The van der Waals surface area contributed by atoms with E-state index in [1.54, 1.807) is 33.2 Å². The molecule has 2 aliphatic heterocycles. The van der Waals surface area contributed by atoms with Gasteiger partial charge in [0.15, 0.2) is 0 Å². The van der Waals surface area contributed by atoms with Gasteiger partial charge >= 0.3 is 6.09 Å². The maximum atomic E-state index is 13.9. The summed E-state index contributed by atoms with van der Waals surface area (Å²) in [5, 5.41) is 4.26. The number of nitrogens with zero attached hydrogens (tertiary/aromatic N) is 6. The van der Waals surface area contributed by atoms with E-state index in [9.17, 15) is 9.59 Å². The molecule has 43 heavy (non-hydrogen) atoms. The van der Waals surface area contributed by atoms with E-state index in [0.717, 1.165) is 40.2 Å². The first-order chi connectivity index (χ1) is 20.5. The van der Waals surface area contributed by atoms with Crippen LogP contribution < -0.4 is 5.32 Å². The highest BCUT2D eigenvalue weighted by Gasteiger charge is 2.39. The summed E-state index contributed by atoms with van der Waals surface area (Å²) in [5.41, 5.74) is 5.13. The van der Waals surface area contributed by atoms with E-state index >= 15 is 0 Å². The molecule has 11 nitrogen and oxygen atoms in total. The van der Waals surface area contributed by atoms with Crippen LogP contribution in [0.15, 0.2) is 42.9 Å². The molecule has 4 aromatic rings. The minimum atomic E-state index is -0.755. The second-order valence-corrected chi connectivity index (χ2v) is 12.4. The third-order valence-corrected chi connectivity index (χ3v) is 7.70. The number of aryl methyl sites for hydroxylation is 1. The van der Waals surface area contributed by atoms with Gasteiger partial charge < -0.3 is 24.3 Å². The predicted molar refractivity (Wildman–Crippen MR) is 163 cm³/mol. The van der Waals surface area contributed by atoms with Gasteiger partial charge in [0.2, 0.25) is 0 Å². The highest BCUT2D eigenvalue weighted by atomic mass is 16.6. The molecule has 0 aliphatic carbocycles. The molecular formula is C32H37N7O4.